The highest BCUT2D eigenvalue weighted by atomic mass is 32.1. The predicted molar refractivity (Wildman–Crippen MR) is 72.4 cm³/mol. The van der Waals surface area contributed by atoms with Gasteiger partial charge in [0.2, 0.25) is 5.91 Å². The summed E-state index contributed by atoms with van der Waals surface area (Å²) in [6, 6.07) is 6.94. The zero-order chi connectivity index (χ0) is 12.7. The van der Waals surface area contributed by atoms with E-state index in [0.717, 1.165) is 5.56 Å². The van der Waals surface area contributed by atoms with Crippen molar-refractivity contribution in [3.05, 3.63) is 41.5 Å². The van der Waals surface area contributed by atoms with E-state index in [-0.39, 0.29) is 5.11 Å². The van der Waals surface area contributed by atoms with Crippen LogP contribution in [0.3, 0.4) is 0 Å². The molecule has 1 aromatic carbocycles. The normalized spacial score (nSPS) is 10.8. The summed E-state index contributed by atoms with van der Waals surface area (Å²) in [5.41, 5.74) is 14.1. The molecule has 0 heterocycles. The lowest BCUT2D eigenvalue weighted by Gasteiger charge is -1.96. The number of hydrazone groups is 1. The van der Waals surface area contributed by atoms with Crippen LogP contribution in [-0.4, -0.2) is 17.2 Å². The molecule has 1 amide bonds. The van der Waals surface area contributed by atoms with Gasteiger partial charge in [-0.15, -0.1) is 0 Å². The number of allylic oxidation sites excluding steroid dienone is 1. The van der Waals surface area contributed by atoms with Crippen LogP contribution in [0.15, 0.2) is 35.4 Å². The molecule has 5 N–H and O–H groups in total. The topological polar surface area (TPSA) is 93.5 Å². The molecular formula is C11H12N4OS. The van der Waals surface area contributed by atoms with E-state index in [4.69, 9.17) is 11.5 Å². The van der Waals surface area contributed by atoms with Crippen LogP contribution in [0.2, 0.25) is 0 Å². The van der Waals surface area contributed by atoms with Crippen LogP contribution >= 0.6 is 12.2 Å². The summed E-state index contributed by atoms with van der Waals surface area (Å²) in [5, 5.41) is 3.83. The first kappa shape index (κ1) is 12.9. The largest absolute Gasteiger partial charge is 0.375 e. The Morgan fingerprint density at radius 3 is 2.82 bits per heavy atom. The van der Waals surface area contributed by atoms with Gasteiger partial charge in [-0.1, -0.05) is 18.2 Å². The van der Waals surface area contributed by atoms with Gasteiger partial charge < -0.3 is 11.5 Å². The smallest absolute Gasteiger partial charge is 0.248 e. The number of nitrogens with two attached hydrogens (primary N) is 2. The van der Waals surface area contributed by atoms with Gasteiger partial charge in [0.1, 0.15) is 0 Å². The molecule has 0 aliphatic heterocycles. The van der Waals surface area contributed by atoms with Crippen molar-refractivity contribution in [3.8, 4) is 0 Å². The molecule has 0 aliphatic carbocycles. The molecule has 0 unspecified atom stereocenters. The monoisotopic (exact) mass is 248 g/mol. The first-order valence-electron chi connectivity index (χ1n) is 4.74. The highest BCUT2D eigenvalue weighted by Crippen LogP contribution is 2.05. The minimum absolute atomic E-state index is 0.102. The number of rotatable bonds is 4. The Hall–Kier alpha value is -2.21. The molecule has 0 saturated heterocycles. The molecule has 0 aromatic heterocycles. The lowest BCUT2D eigenvalue weighted by Crippen LogP contribution is -2.23. The summed E-state index contributed by atoms with van der Waals surface area (Å²) >= 11 is 4.56. The lowest BCUT2D eigenvalue weighted by atomic mass is 10.1. The molecule has 88 valence electrons. The van der Waals surface area contributed by atoms with Crippen molar-refractivity contribution in [2.24, 2.45) is 16.6 Å². The third-order valence-corrected chi connectivity index (χ3v) is 1.89. The van der Waals surface area contributed by atoms with Crippen LogP contribution in [0.4, 0.5) is 0 Å². The van der Waals surface area contributed by atoms with Crippen LogP contribution < -0.4 is 16.9 Å². The molecular weight excluding hydrogens is 236 g/mol. The first-order chi connectivity index (χ1) is 8.09. The number of nitrogens with zero attached hydrogens (tertiary/aromatic N) is 1. The number of hydrogen-bond donors (Lipinski definition) is 3. The van der Waals surface area contributed by atoms with E-state index in [2.05, 4.69) is 22.7 Å². The fourth-order valence-corrected chi connectivity index (χ4v) is 1.15. The highest BCUT2D eigenvalue weighted by molar-refractivity contribution is 7.80. The van der Waals surface area contributed by atoms with E-state index in [1.165, 1.54) is 6.21 Å². The summed E-state index contributed by atoms with van der Waals surface area (Å²) in [7, 11) is 0. The van der Waals surface area contributed by atoms with E-state index in [9.17, 15) is 4.79 Å². The second kappa shape index (κ2) is 6.39. The number of nitrogens with one attached hydrogen (secondary N) is 1. The average Bonchev–Trinajstić information content (AvgIpc) is 2.28. The van der Waals surface area contributed by atoms with Crippen molar-refractivity contribution >= 4 is 35.5 Å². The van der Waals surface area contributed by atoms with Crippen LogP contribution in [0.25, 0.3) is 6.08 Å². The molecule has 0 atom stereocenters. The number of carbonyl (C=O) groups is 1. The van der Waals surface area contributed by atoms with Gasteiger partial charge in [0, 0.05) is 11.8 Å². The molecule has 0 fully saturated rings. The van der Waals surface area contributed by atoms with Gasteiger partial charge >= 0.3 is 0 Å². The molecule has 0 spiro atoms. The molecule has 0 aliphatic rings. The van der Waals surface area contributed by atoms with Crippen molar-refractivity contribution in [3.63, 3.8) is 0 Å². The Morgan fingerprint density at radius 2 is 2.18 bits per heavy atom. The van der Waals surface area contributed by atoms with Crippen LogP contribution in [-0.2, 0) is 0 Å². The second-order valence-corrected chi connectivity index (χ2v) is 3.54. The number of primary amides is 1. The van der Waals surface area contributed by atoms with Crippen molar-refractivity contribution in [1.29, 1.82) is 0 Å². The van der Waals surface area contributed by atoms with Gasteiger partial charge in [0.25, 0.3) is 0 Å². The van der Waals surface area contributed by atoms with E-state index in [0.29, 0.717) is 5.56 Å². The van der Waals surface area contributed by atoms with E-state index >= 15 is 0 Å². The molecule has 6 heteroatoms. The fraction of sp³-hybridized carbons (Fsp3) is 0. The van der Waals surface area contributed by atoms with Crippen LogP contribution in [0.5, 0.6) is 0 Å². The Kier molecular flexibility index (Phi) is 4.83. The molecule has 5 nitrogen and oxygen atoms in total. The summed E-state index contributed by atoms with van der Waals surface area (Å²) < 4.78 is 0. The Bertz CT molecular complexity index is 482. The number of thiocarbonyl (C=S) groups is 1. The van der Waals surface area contributed by atoms with Gasteiger partial charge in [-0.3, -0.25) is 10.2 Å². The van der Waals surface area contributed by atoms with E-state index in [1.807, 2.05) is 6.07 Å². The Labute approximate surface area is 104 Å². The quantitative estimate of drug-likeness (QED) is 0.413. The summed E-state index contributed by atoms with van der Waals surface area (Å²) in [4.78, 5) is 10.9. The van der Waals surface area contributed by atoms with Crippen LogP contribution in [0.1, 0.15) is 15.9 Å². The number of amides is 1. The molecule has 0 bridgehead atoms. The summed E-state index contributed by atoms with van der Waals surface area (Å²) in [5.74, 6) is -0.455. The molecule has 1 rings (SSSR count). The van der Waals surface area contributed by atoms with Crippen molar-refractivity contribution in [2.75, 3.05) is 0 Å². The maximum absolute atomic E-state index is 10.9. The maximum atomic E-state index is 10.9. The lowest BCUT2D eigenvalue weighted by molar-refractivity contribution is 0.100. The molecule has 0 saturated carbocycles. The number of hydrogen-bond acceptors (Lipinski definition) is 3. The summed E-state index contributed by atoms with van der Waals surface area (Å²) in [6.07, 6.45) is 4.96. The maximum Gasteiger partial charge on any atom is 0.248 e. The summed E-state index contributed by atoms with van der Waals surface area (Å²) in [6.45, 7) is 0. The third-order valence-electron chi connectivity index (χ3n) is 1.80. The fourth-order valence-electron chi connectivity index (χ4n) is 1.09. The van der Waals surface area contributed by atoms with Gasteiger partial charge in [-0.25, -0.2) is 0 Å². The minimum Gasteiger partial charge on any atom is -0.375 e. The SMILES string of the molecule is NC(=O)c1cccc(C=CC=NNC(N)=S)c1. The zero-order valence-electron chi connectivity index (χ0n) is 8.96. The Balaban J connectivity index is 2.65. The Morgan fingerprint density at radius 1 is 1.41 bits per heavy atom. The first-order valence-corrected chi connectivity index (χ1v) is 5.15. The highest BCUT2D eigenvalue weighted by Gasteiger charge is 1.98. The van der Waals surface area contributed by atoms with Gasteiger partial charge in [0.15, 0.2) is 5.11 Å². The van der Waals surface area contributed by atoms with Crippen LogP contribution in [0, 0.1) is 0 Å². The van der Waals surface area contributed by atoms with E-state index < -0.39 is 5.91 Å². The zero-order valence-corrected chi connectivity index (χ0v) is 9.78. The molecule has 17 heavy (non-hydrogen) atoms. The van der Waals surface area contributed by atoms with Crippen molar-refractivity contribution in [1.82, 2.24) is 5.43 Å². The van der Waals surface area contributed by atoms with Gasteiger partial charge in [-0.05, 0) is 36.0 Å². The third kappa shape index (κ3) is 4.89. The van der Waals surface area contributed by atoms with Gasteiger partial charge in [-0.2, -0.15) is 5.10 Å². The standard InChI is InChI=1S/C11H12N4OS/c12-10(16)9-5-1-3-8(7-9)4-2-6-14-15-11(13)17/h1-7H,(H2,12,16)(H3,13,15,17). The molecule has 1 aromatic rings. The van der Waals surface area contributed by atoms with Gasteiger partial charge in [0.05, 0.1) is 0 Å². The minimum atomic E-state index is -0.455. The van der Waals surface area contributed by atoms with E-state index in [1.54, 1.807) is 30.4 Å². The van der Waals surface area contributed by atoms with Crippen molar-refractivity contribution in [2.45, 2.75) is 0 Å². The molecule has 0 radical (unpaired) electrons. The second-order valence-electron chi connectivity index (χ2n) is 3.10. The number of carbonyl (C=O) groups excluding carboxylic acids is 1. The van der Waals surface area contributed by atoms with Crippen molar-refractivity contribution < 1.29 is 4.79 Å². The number of benzene rings is 1. The average molecular weight is 248 g/mol. The predicted octanol–water partition coefficient (Wildman–Crippen LogP) is 0.618.